The number of carbonyl (C=O) groups excluding carboxylic acids is 1. The number of aromatic nitrogens is 4. The Labute approximate surface area is 185 Å². The van der Waals surface area contributed by atoms with Crippen molar-refractivity contribution in [2.24, 2.45) is 0 Å². The van der Waals surface area contributed by atoms with E-state index in [0.717, 1.165) is 43.2 Å². The molecule has 8 heteroatoms. The van der Waals surface area contributed by atoms with E-state index < -0.39 is 0 Å². The summed E-state index contributed by atoms with van der Waals surface area (Å²) in [6, 6.07) is 15.1. The Hall–Kier alpha value is -3.94. The molecule has 1 amide bonds. The van der Waals surface area contributed by atoms with E-state index >= 15 is 0 Å². The van der Waals surface area contributed by atoms with Crippen LogP contribution in [0, 0.1) is 0 Å². The highest BCUT2D eigenvalue weighted by Crippen LogP contribution is 2.18. The fourth-order valence-corrected chi connectivity index (χ4v) is 3.89. The summed E-state index contributed by atoms with van der Waals surface area (Å²) in [6.45, 7) is 1.97. The van der Waals surface area contributed by atoms with Crippen molar-refractivity contribution >= 4 is 17.5 Å². The Bertz CT molecular complexity index is 1170. The maximum absolute atomic E-state index is 12.8. The summed E-state index contributed by atoms with van der Waals surface area (Å²) in [5, 5.41) is 3.15. The Morgan fingerprint density at radius 1 is 1.06 bits per heavy atom. The molecule has 1 aliphatic heterocycles. The highest BCUT2D eigenvalue weighted by atomic mass is 16.5. The Kier molecular flexibility index (Phi) is 5.65. The number of pyridine rings is 1. The molecule has 0 radical (unpaired) electrons. The van der Waals surface area contributed by atoms with Gasteiger partial charge in [-0.3, -0.25) is 4.79 Å². The number of hydrogen-bond donors (Lipinski definition) is 1. The van der Waals surface area contributed by atoms with Crippen LogP contribution in [0.2, 0.25) is 0 Å². The van der Waals surface area contributed by atoms with Crippen LogP contribution in [0.15, 0.2) is 73.3 Å². The number of piperidine rings is 1. The minimum Gasteiger partial charge on any atom is -0.487 e. The molecule has 4 aromatic rings. The van der Waals surface area contributed by atoms with E-state index in [1.54, 1.807) is 24.5 Å². The van der Waals surface area contributed by atoms with Crippen LogP contribution in [0.1, 0.15) is 28.9 Å². The van der Waals surface area contributed by atoms with Crippen molar-refractivity contribution < 1.29 is 9.53 Å². The molecule has 3 aromatic heterocycles. The average molecular weight is 428 g/mol. The molecule has 32 heavy (non-hydrogen) atoms. The van der Waals surface area contributed by atoms with E-state index in [1.807, 2.05) is 53.2 Å². The highest BCUT2D eigenvalue weighted by molar-refractivity contribution is 5.94. The third kappa shape index (κ3) is 4.54. The fourth-order valence-electron chi connectivity index (χ4n) is 3.89. The van der Waals surface area contributed by atoms with Crippen LogP contribution in [0.5, 0.6) is 5.75 Å². The van der Waals surface area contributed by atoms with Gasteiger partial charge in [-0.1, -0.05) is 12.1 Å². The molecule has 162 valence electrons. The predicted molar refractivity (Wildman–Crippen MR) is 121 cm³/mol. The lowest BCUT2D eigenvalue weighted by molar-refractivity contribution is 0.0930. The first-order valence-corrected chi connectivity index (χ1v) is 10.7. The average Bonchev–Trinajstić information content (AvgIpc) is 3.27. The molecule has 0 saturated carbocycles. The molecule has 0 atom stereocenters. The maximum atomic E-state index is 12.8. The summed E-state index contributed by atoms with van der Waals surface area (Å²) in [7, 11) is 0. The lowest BCUT2D eigenvalue weighted by Crippen LogP contribution is -2.45. The van der Waals surface area contributed by atoms with Crippen molar-refractivity contribution in [3.63, 3.8) is 0 Å². The van der Waals surface area contributed by atoms with Crippen molar-refractivity contribution in [2.45, 2.75) is 25.5 Å². The molecule has 1 N–H and O–H groups in total. The molecule has 8 nitrogen and oxygen atoms in total. The first kappa shape index (κ1) is 20.0. The molecule has 1 aliphatic rings. The lowest BCUT2D eigenvalue weighted by Gasteiger charge is -2.32. The molecule has 4 heterocycles. The minimum atomic E-state index is -0.0856. The van der Waals surface area contributed by atoms with Gasteiger partial charge in [0.25, 0.3) is 5.91 Å². The molecule has 5 rings (SSSR count). The van der Waals surface area contributed by atoms with E-state index in [2.05, 4.69) is 25.2 Å². The third-order valence-corrected chi connectivity index (χ3v) is 5.56. The number of rotatable bonds is 6. The molecular weight excluding hydrogens is 404 g/mol. The molecule has 0 spiro atoms. The molecule has 1 aromatic carbocycles. The van der Waals surface area contributed by atoms with Gasteiger partial charge in [0.1, 0.15) is 18.0 Å². The number of amides is 1. The number of imidazole rings is 1. The van der Waals surface area contributed by atoms with Crippen molar-refractivity contribution in [3.05, 3.63) is 84.6 Å². The maximum Gasteiger partial charge on any atom is 0.251 e. The van der Waals surface area contributed by atoms with Crippen LogP contribution in [-0.4, -0.2) is 44.4 Å². The van der Waals surface area contributed by atoms with Crippen molar-refractivity contribution in [1.29, 1.82) is 0 Å². The first-order chi connectivity index (χ1) is 15.7. The van der Waals surface area contributed by atoms with Crippen LogP contribution in [-0.2, 0) is 6.61 Å². The summed E-state index contributed by atoms with van der Waals surface area (Å²) in [4.78, 5) is 28.1. The highest BCUT2D eigenvalue weighted by Gasteiger charge is 2.22. The number of fused-ring (bicyclic) bond motifs is 1. The second kappa shape index (κ2) is 9.05. The van der Waals surface area contributed by atoms with E-state index in [4.69, 9.17) is 4.74 Å². The Morgan fingerprint density at radius 3 is 2.72 bits per heavy atom. The topological polar surface area (TPSA) is 84.7 Å². The monoisotopic (exact) mass is 428 g/mol. The zero-order valence-electron chi connectivity index (χ0n) is 17.6. The number of nitrogens with zero attached hydrogens (tertiary/aromatic N) is 5. The van der Waals surface area contributed by atoms with Gasteiger partial charge < -0.3 is 19.4 Å². The lowest BCUT2D eigenvalue weighted by atomic mass is 10.0. The van der Waals surface area contributed by atoms with Crippen LogP contribution in [0.3, 0.4) is 0 Å². The fraction of sp³-hybridized carbons (Fsp3) is 0.250. The standard InChI is InChI=1S/C24H24N6O2/c31-23(28-19-8-13-29(14-9-19)24-25-10-4-11-26-24)18-5-3-6-21(15-18)32-17-20-16-30-12-2-1-7-22(30)27-20/h1-7,10-12,15-16,19H,8-9,13-14,17H2,(H,28,31). The molecule has 1 fully saturated rings. The summed E-state index contributed by atoms with van der Waals surface area (Å²) < 4.78 is 7.85. The number of ether oxygens (including phenoxy) is 1. The van der Waals surface area contributed by atoms with E-state index in [9.17, 15) is 4.79 Å². The Balaban J connectivity index is 1.16. The largest absolute Gasteiger partial charge is 0.487 e. The minimum absolute atomic E-state index is 0.0856. The van der Waals surface area contributed by atoms with Gasteiger partial charge in [-0.15, -0.1) is 0 Å². The Morgan fingerprint density at radius 2 is 1.91 bits per heavy atom. The van der Waals surface area contributed by atoms with Gasteiger partial charge >= 0.3 is 0 Å². The van der Waals surface area contributed by atoms with Crippen molar-refractivity contribution in [1.82, 2.24) is 24.7 Å². The smallest absolute Gasteiger partial charge is 0.251 e. The first-order valence-electron chi connectivity index (χ1n) is 10.7. The number of nitrogens with one attached hydrogen (secondary N) is 1. The number of anilines is 1. The zero-order chi connectivity index (χ0) is 21.8. The van der Waals surface area contributed by atoms with E-state index in [0.29, 0.717) is 17.9 Å². The number of carbonyl (C=O) groups is 1. The van der Waals surface area contributed by atoms with Gasteiger partial charge in [-0.25, -0.2) is 15.0 Å². The van der Waals surface area contributed by atoms with Crippen LogP contribution in [0.25, 0.3) is 5.65 Å². The third-order valence-electron chi connectivity index (χ3n) is 5.56. The van der Waals surface area contributed by atoms with Crippen molar-refractivity contribution in [3.8, 4) is 5.75 Å². The van der Waals surface area contributed by atoms with Gasteiger partial charge in [-0.2, -0.15) is 0 Å². The van der Waals surface area contributed by atoms with Gasteiger partial charge in [-0.05, 0) is 49.2 Å². The summed E-state index contributed by atoms with van der Waals surface area (Å²) in [5.74, 6) is 1.30. The summed E-state index contributed by atoms with van der Waals surface area (Å²) >= 11 is 0. The van der Waals surface area contributed by atoms with Gasteiger partial charge in [0.05, 0.1) is 5.69 Å². The summed E-state index contributed by atoms with van der Waals surface area (Å²) in [5.41, 5.74) is 2.30. The number of benzene rings is 1. The predicted octanol–water partition coefficient (Wildman–Crippen LogP) is 3.10. The van der Waals surface area contributed by atoms with Crippen molar-refractivity contribution in [2.75, 3.05) is 18.0 Å². The van der Waals surface area contributed by atoms with Crippen LogP contribution < -0.4 is 15.0 Å². The molecule has 0 bridgehead atoms. The molecule has 1 saturated heterocycles. The zero-order valence-corrected chi connectivity index (χ0v) is 17.6. The van der Waals surface area contributed by atoms with E-state index in [-0.39, 0.29) is 11.9 Å². The quantitative estimate of drug-likeness (QED) is 0.508. The summed E-state index contributed by atoms with van der Waals surface area (Å²) in [6.07, 6.45) is 9.11. The second-order valence-electron chi connectivity index (χ2n) is 7.80. The molecule has 0 aliphatic carbocycles. The second-order valence-corrected chi connectivity index (χ2v) is 7.80. The van der Waals surface area contributed by atoms with Gasteiger partial charge in [0.15, 0.2) is 0 Å². The van der Waals surface area contributed by atoms with Gasteiger partial charge in [0.2, 0.25) is 5.95 Å². The molecule has 0 unspecified atom stereocenters. The number of hydrogen-bond acceptors (Lipinski definition) is 6. The van der Waals surface area contributed by atoms with E-state index in [1.165, 1.54) is 0 Å². The SMILES string of the molecule is O=C(NC1CCN(c2ncccn2)CC1)c1cccc(OCc2cn3ccccc3n2)c1. The molecular formula is C24H24N6O2. The van der Waals surface area contributed by atoms with Crippen LogP contribution >= 0.6 is 0 Å². The van der Waals surface area contributed by atoms with Crippen LogP contribution in [0.4, 0.5) is 5.95 Å². The van der Waals surface area contributed by atoms with Gasteiger partial charge in [0, 0.05) is 49.5 Å². The normalized spacial score (nSPS) is 14.4.